The van der Waals surface area contributed by atoms with Gasteiger partial charge in [-0.15, -0.1) is 6.58 Å². The zero-order chi connectivity index (χ0) is 10.6. The second kappa shape index (κ2) is 4.78. The standard InChI is InChI=1S/C9H16N4O/c1-4-5-7(12-10)9-8(14-3)6-11-13(9)2/h4,6-7,12H,1,5,10H2,2-3H3. The van der Waals surface area contributed by atoms with Crippen LogP contribution in [0.15, 0.2) is 18.9 Å². The molecule has 0 aliphatic heterocycles. The molecule has 0 aliphatic carbocycles. The number of nitrogens with one attached hydrogen (secondary N) is 1. The summed E-state index contributed by atoms with van der Waals surface area (Å²) >= 11 is 0. The van der Waals surface area contributed by atoms with E-state index in [4.69, 9.17) is 10.6 Å². The van der Waals surface area contributed by atoms with Gasteiger partial charge in [-0.05, 0) is 6.42 Å². The number of ether oxygens (including phenoxy) is 1. The molecule has 78 valence electrons. The predicted molar refractivity (Wildman–Crippen MR) is 54.6 cm³/mol. The van der Waals surface area contributed by atoms with Crippen LogP contribution in [0.3, 0.4) is 0 Å². The van der Waals surface area contributed by atoms with E-state index in [0.29, 0.717) is 0 Å². The molecule has 0 bridgehead atoms. The fourth-order valence-corrected chi connectivity index (χ4v) is 1.41. The number of aromatic nitrogens is 2. The minimum atomic E-state index is -0.0186. The third-order valence-electron chi connectivity index (χ3n) is 2.10. The summed E-state index contributed by atoms with van der Waals surface area (Å²) in [6, 6.07) is -0.0186. The smallest absolute Gasteiger partial charge is 0.161 e. The Bertz CT molecular complexity index is 308. The fourth-order valence-electron chi connectivity index (χ4n) is 1.41. The van der Waals surface area contributed by atoms with Crippen molar-refractivity contribution in [3.05, 3.63) is 24.5 Å². The topological polar surface area (TPSA) is 65.1 Å². The highest BCUT2D eigenvalue weighted by atomic mass is 16.5. The van der Waals surface area contributed by atoms with Crippen LogP contribution in [0.4, 0.5) is 0 Å². The molecular formula is C9H16N4O. The molecule has 0 saturated carbocycles. The monoisotopic (exact) mass is 196 g/mol. The van der Waals surface area contributed by atoms with Gasteiger partial charge in [0.15, 0.2) is 5.75 Å². The van der Waals surface area contributed by atoms with Gasteiger partial charge in [-0.2, -0.15) is 5.10 Å². The molecule has 1 atom stereocenters. The van der Waals surface area contributed by atoms with Crippen LogP contribution < -0.4 is 16.0 Å². The van der Waals surface area contributed by atoms with Crippen molar-refractivity contribution in [1.82, 2.24) is 15.2 Å². The van der Waals surface area contributed by atoms with Gasteiger partial charge in [-0.3, -0.25) is 16.0 Å². The van der Waals surface area contributed by atoms with Crippen molar-refractivity contribution in [2.45, 2.75) is 12.5 Å². The SMILES string of the molecule is C=CCC(NN)c1c(OC)cnn1C. The molecular weight excluding hydrogens is 180 g/mol. The molecule has 3 N–H and O–H groups in total. The highest BCUT2D eigenvalue weighted by Crippen LogP contribution is 2.25. The molecule has 1 heterocycles. The molecule has 14 heavy (non-hydrogen) atoms. The van der Waals surface area contributed by atoms with Crippen LogP contribution >= 0.6 is 0 Å². The summed E-state index contributed by atoms with van der Waals surface area (Å²) in [6.07, 6.45) is 4.20. The molecule has 0 spiro atoms. The van der Waals surface area contributed by atoms with Gasteiger partial charge in [-0.1, -0.05) is 6.08 Å². The Hall–Kier alpha value is -1.33. The van der Waals surface area contributed by atoms with Gasteiger partial charge in [-0.25, -0.2) is 0 Å². The van der Waals surface area contributed by atoms with E-state index in [0.717, 1.165) is 17.9 Å². The van der Waals surface area contributed by atoms with E-state index < -0.39 is 0 Å². The van der Waals surface area contributed by atoms with Crippen LogP contribution in [-0.2, 0) is 7.05 Å². The van der Waals surface area contributed by atoms with Crippen molar-refractivity contribution < 1.29 is 4.74 Å². The van der Waals surface area contributed by atoms with E-state index in [2.05, 4.69) is 17.1 Å². The average molecular weight is 196 g/mol. The molecule has 1 aromatic rings. The lowest BCUT2D eigenvalue weighted by Crippen LogP contribution is -2.29. The third-order valence-corrected chi connectivity index (χ3v) is 2.10. The first-order valence-electron chi connectivity index (χ1n) is 4.37. The van der Waals surface area contributed by atoms with E-state index in [-0.39, 0.29) is 6.04 Å². The fraction of sp³-hybridized carbons (Fsp3) is 0.444. The normalized spacial score (nSPS) is 12.5. The maximum Gasteiger partial charge on any atom is 0.161 e. The first kappa shape index (κ1) is 10.7. The molecule has 0 saturated heterocycles. The van der Waals surface area contributed by atoms with Crippen LogP contribution in [0.25, 0.3) is 0 Å². The van der Waals surface area contributed by atoms with Crippen LogP contribution in [0.1, 0.15) is 18.2 Å². The lowest BCUT2D eigenvalue weighted by Gasteiger charge is -2.15. The zero-order valence-electron chi connectivity index (χ0n) is 8.53. The first-order valence-corrected chi connectivity index (χ1v) is 4.37. The second-order valence-corrected chi connectivity index (χ2v) is 2.97. The molecule has 0 aliphatic rings. The van der Waals surface area contributed by atoms with E-state index >= 15 is 0 Å². The summed E-state index contributed by atoms with van der Waals surface area (Å²) in [5, 5.41) is 4.10. The van der Waals surface area contributed by atoms with Crippen molar-refractivity contribution in [3.63, 3.8) is 0 Å². The summed E-state index contributed by atoms with van der Waals surface area (Å²) in [4.78, 5) is 0. The molecule has 1 rings (SSSR count). The summed E-state index contributed by atoms with van der Waals surface area (Å²) in [6.45, 7) is 3.68. The summed E-state index contributed by atoms with van der Waals surface area (Å²) in [7, 11) is 3.47. The highest BCUT2D eigenvalue weighted by Gasteiger charge is 2.17. The minimum Gasteiger partial charge on any atom is -0.493 e. The zero-order valence-corrected chi connectivity index (χ0v) is 8.53. The number of rotatable bonds is 5. The largest absolute Gasteiger partial charge is 0.493 e. The molecule has 5 heteroatoms. The van der Waals surface area contributed by atoms with Crippen LogP contribution in [0, 0.1) is 0 Å². The number of hydrogen-bond acceptors (Lipinski definition) is 4. The van der Waals surface area contributed by atoms with Gasteiger partial charge in [0.2, 0.25) is 0 Å². The van der Waals surface area contributed by atoms with Crippen LogP contribution in [-0.4, -0.2) is 16.9 Å². The van der Waals surface area contributed by atoms with E-state index in [1.807, 2.05) is 7.05 Å². The Labute approximate surface area is 83.5 Å². The Balaban J connectivity index is 3.00. The highest BCUT2D eigenvalue weighted by molar-refractivity contribution is 5.28. The molecule has 0 radical (unpaired) electrons. The Morgan fingerprint density at radius 3 is 3.07 bits per heavy atom. The van der Waals surface area contributed by atoms with Gasteiger partial charge < -0.3 is 4.74 Å². The summed E-state index contributed by atoms with van der Waals surface area (Å²) < 4.78 is 6.93. The van der Waals surface area contributed by atoms with Gasteiger partial charge in [0.1, 0.15) is 0 Å². The number of methoxy groups -OCH3 is 1. The van der Waals surface area contributed by atoms with Crippen LogP contribution in [0.2, 0.25) is 0 Å². The lowest BCUT2D eigenvalue weighted by atomic mass is 10.1. The molecule has 0 fully saturated rings. The summed E-state index contributed by atoms with van der Waals surface area (Å²) in [5.74, 6) is 6.18. The minimum absolute atomic E-state index is 0.0186. The predicted octanol–water partition coefficient (Wildman–Crippen LogP) is 0.509. The Kier molecular flexibility index (Phi) is 3.67. The first-order chi connectivity index (χ1) is 6.74. The van der Waals surface area contributed by atoms with Crippen molar-refractivity contribution in [2.24, 2.45) is 12.9 Å². The van der Waals surface area contributed by atoms with Gasteiger partial charge in [0.25, 0.3) is 0 Å². The van der Waals surface area contributed by atoms with Crippen molar-refractivity contribution in [2.75, 3.05) is 7.11 Å². The van der Waals surface area contributed by atoms with Gasteiger partial charge in [0, 0.05) is 7.05 Å². The van der Waals surface area contributed by atoms with E-state index in [1.165, 1.54) is 0 Å². The Morgan fingerprint density at radius 2 is 2.57 bits per heavy atom. The number of hydrogen-bond donors (Lipinski definition) is 2. The second-order valence-electron chi connectivity index (χ2n) is 2.97. The van der Waals surface area contributed by atoms with E-state index in [9.17, 15) is 0 Å². The van der Waals surface area contributed by atoms with Crippen molar-refractivity contribution >= 4 is 0 Å². The third kappa shape index (κ3) is 1.94. The lowest BCUT2D eigenvalue weighted by molar-refractivity contribution is 0.395. The van der Waals surface area contributed by atoms with Gasteiger partial charge in [0.05, 0.1) is 25.0 Å². The molecule has 1 aromatic heterocycles. The van der Waals surface area contributed by atoms with Crippen LogP contribution in [0.5, 0.6) is 5.75 Å². The number of nitrogens with zero attached hydrogens (tertiary/aromatic N) is 2. The molecule has 0 amide bonds. The molecule has 1 unspecified atom stereocenters. The maximum absolute atomic E-state index is 5.45. The average Bonchev–Trinajstić information content (AvgIpc) is 2.56. The summed E-state index contributed by atoms with van der Waals surface area (Å²) in [5.41, 5.74) is 3.63. The number of hydrazine groups is 1. The van der Waals surface area contributed by atoms with Crippen molar-refractivity contribution in [1.29, 1.82) is 0 Å². The Morgan fingerprint density at radius 1 is 1.86 bits per heavy atom. The van der Waals surface area contributed by atoms with E-state index in [1.54, 1.807) is 24.1 Å². The van der Waals surface area contributed by atoms with Crippen molar-refractivity contribution in [3.8, 4) is 5.75 Å². The number of nitrogens with two attached hydrogens (primary N) is 1. The quantitative estimate of drug-likeness (QED) is 0.409. The van der Waals surface area contributed by atoms with Gasteiger partial charge >= 0.3 is 0 Å². The maximum atomic E-state index is 5.45. The number of aryl methyl sites for hydroxylation is 1. The molecule has 0 aromatic carbocycles. The molecule has 5 nitrogen and oxygen atoms in total.